The predicted molar refractivity (Wildman–Crippen MR) is 106 cm³/mol. The Labute approximate surface area is 182 Å². The van der Waals surface area contributed by atoms with E-state index in [0.29, 0.717) is 35.3 Å². The Morgan fingerprint density at radius 1 is 1.09 bits per heavy atom. The van der Waals surface area contributed by atoms with E-state index in [-0.39, 0.29) is 23.8 Å². The molecule has 3 aliphatic rings. The smallest absolute Gasteiger partial charge is 0.314 e. The number of carbonyl (C=O) groups is 1. The van der Waals surface area contributed by atoms with Crippen LogP contribution in [0.25, 0.3) is 11.5 Å². The second-order valence-corrected chi connectivity index (χ2v) is 8.77. The normalized spacial score (nSPS) is 23.2. The van der Waals surface area contributed by atoms with Crippen LogP contribution >= 0.6 is 0 Å². The second kappa shape index (κ2) is 7.46. The highest BCUT2D eigenvalue weighted by Gasteiger charge is 2.41. The highest BCUT2D eigenvalue weighted by atomic mass is 19.3. The van der Waals surface area contributed by atoms with Gasteiger partial charge in [-0.05, 0) is 43.4 Å². The van der Waals surface area contributed by atoms with E-state index in [4.69, 9.17) is 8.94 Å². The number of rotatable bonds is 5. The maximum atomic E-state index is 13.4. The van der Waals surface area contributed by atoms with Crippen LogP contribution in [0, 0.1) is 0 Å². The molecular formula is C22H21F2N5O3. The number of nitrogens with zero attached hydrogens (tertiary/aromatic N) is 5. The Kier molecular flexibility index (Phi) is 4.55. The number of hydrogen-bond donors (Lipinski definition) is 0. The van der Waals surface area contributed by atoms with Gasteiger partial charge in [-0.2, -0.15) is 13.8 Å². The molecule has 1 aromatic carbocycles. The number of carbonyl (C=O) groups excluding carboxylic acids is 1. The number of alkyl halides is 2. The van der Waals surface area contributed by atoms with E-state index < -0.39 is 12.3 Å². The fraction of sp³-hybridized carbons (Fsp3) is 0.500. The quantitative estimate of drug-likeness (QED) is 0.570. The van der Waals surface area contributed by atoms with Crippen LogP contribution in [0.1, 0.15) is 90.3 Å². The summed E-state index contributed by atoms with van der Waals surface area (Å²) < 4.78 is 36.1. The number of benzene rings is 1. The molecule has 10 heteroatoms. The van der Waals surface area contributed by atoms with Crippen molar-refractivity contribution in [1.29, 1.82) is 0 Å². The zero-order valence-electron chi connectivity index (χ0n) is 17.2. The number of amides is 1. The molecular weight excluding hydrogens is 420 g/mol. The number of aromatic nitrogens is 4. The Morgan fingerprint density at radius 2 is 1.94 bits per heavy atom. The lowest BCUT2D eigenvalue weighted by molar-refractivity contribution is 0.0620. The van der Waals surface area contributed by atoms with Crippen LogP contribution in [0.2, 0.25) is 0 Å². The zero-order valence-corrected chi connectivity index (χ0v) is 17.2. The number of hydrogen-bond acceptors (Lipinski definition) is 7. The monoisotopic (exact) mass is 441 g/mol. The van der Waals surface area contributed by atoms with Crippen molar-refractivity contribution >= 4 is 5.91 Å². The standard InChI is InChI=1S/C22H21F2N5O3/c23-17(24)21-27-26-20(31-21)12-7-8-13-10-29(22(30)15(13)9-12)16-4-2-1-3-14(16)18-25-19(32-28-18)11-5-6-11/h7-9,11,14,16-17H,1-6,10H2. The van der Waals surface area contributed by atoms with Gasteiger partial charge in [0.15, 0.2) is 5.82 Å². The minimum absolute atomic E-state index is 0.00871. The van der Waals surface area contributed by atoms with Gasteiger partial charge >= 0.3 is 6.43 Å². The average Bonchev–Trinajstić information content (AvgIpc) is 3.22. The molecule has 2 atom stereocenters. The molecule has 0 spiro atoms. The van der Waals surface area contributed by atoms with E-state index in [1.165, 1.54) is 0 Å². The molecule has 2 unspecified atom stereocenters. The zero-order chi connectivity index (χ0) is 21.8. The van der Waals surface area contributed by atoms with Gasteiger partial charge in [0.2, 0.25) is 11.8 Å². The molecule has 1 aliphatic heterocycles. The molecule has 1 amide bonds. The van der Waals surface area contributed by atoms with Gasteiger partial charge in [0.25, 0.3) is 11.8 Å². The fourth-order valence-corrected chi connectivity index (χ4v) is 4.84. The predicted octanol–water partition coefficient (Wildman–Crippen LogP) is 4.62. The van der Waals surface area contributed by atoms with Crippen molar-refractivity contribution in [3.8, 4) is 11.5 Å². The third-order valence-corrected chi connectivity index (χ3v) is 6.66. The van der Waals surface area contributed by atoms with Crippen molar-refractivity contribution in [1.82, 2.24) is 25.2 Å². The average molecular weight is 441 g/mol. The van der Waals surface area contributed by atoms with Gasteiger partial charge in [0.05, 0.1) is 0 Å². The lowest BCUT2D eigenvalue weighted by atomic mass is 9.83. The van der Waals surface area contributed by atoms with Crippen molar-refractivity contribution in [2.45, 2.75) is 69.4 Å². The molecule has 6 rings (SSSR count). The fourth-order valence-electron chi connectivity index (χ4n) is 4.84. The highest BCUT2D eigenvalue weighted by molar-refractivity contribution is 5.99. The van der Waals surface area contributed by atoms with Crippen molar-refractivity contribution in [3.63, 3.8) is 0 Å². The summed E-state index contributed by atoms with van der Waals surface area (Å²) in [4.78, 5) is 19.9. The molecule has 32 heavy (non-hydrogen) atoms. The summed E-state index contributed by atoms with van der Waals surface area (Å²) in [7, 11) is 0. The van der Waals surface area contributed by atoms with Crippen molar-refractivity contribution in [3.05, 3.63) is 46.9 Å². The molecule has 8 nitrogen and oxygen atoms in total. The van der Waals surface area contributed by atoms with E-state index in [9.17, 15) is 13.6 Å². The van der Waals surface area contributed by atoms with Crippen LogP contribution in [-0.2, 0) is 6.54 Å². The Bertz CT molecular complexity index is 1170. The van der Waals surface area contributed by atoms with Crippen LogP contribution in [0.3, 0.4) is 0 Å². The molecule has 2 aliphatic carbocycles. The molecule has 0 radical (unpaired) electrons. The van der Waals surface area contributed by atoms with Gasteiger partial charge in [-0.3, -0.25) is 4.79 Å². The summed E-state index contributed by atoms with van der Waals surface area (Å²) in [5, 5.41) is 11.3. The molecule has 2 fully saturated rings. The summed E-state index contributed by atoms with van der Waals surface area (Å²) in [5.74, 6) is 1.01. The van der Waals surface area contributed by atoms with E-state index in [0.717, 1.165) is 44.1 Å². The summed E-state index contributed by atoms with van der Waals surface area (Å²) in [6, 6.07) is 5.19. The van der Waals surface area contributed by atoms with Gasteiger partial charge in [0, 0.05) is 35.5 Å². The molecule has 3 aromatic rings. The van der Waals surface area contributed by atoms with E-state index in [1.807, 2.05) is 11.0 Å². The van der Waals surface area contributed by atoms with Gasteiger partial charge < -0.3 is 13.8 Å². The first kappa shape index (κ1) is 19.5. The van der Waals surface area contributed by atoms with E-state index >= 15 is 0 Å². The van der Waals surface area contributed by atoms with Crippen molar-refractivity contribution < 1.29 is 22.5 Å². The van der Waals surface area contributed by atoms with Crippen LogP contribution in [0.5, 0.6) is 0 Å². The first-order valence-corrected chi connectivity index (χ1v) is 11.0. The van der Waals surface area contributed by atoms with E-state index in [2.05, 4.69) is 20.3 Å². The molecule has 3 heterocycles. The Hall–Kier alpha value is -3.17. The summed E-state index contributed by atoms with van der Waals surface area (Å²) in [6.45, 7) is 0.495. The van der Waals surface area contributed by atoms with Crippen molar-refractivity contribution in [2.24, 2.45) is 0 Å². The number of halogens is 2. The first-order chi connectivity index (χ1) is 15.6. The van der Waals surface area contributed by atoms with Gasteiger partial charge in [0.1, 0.15) is 0 Å². The third-order valence-electron chi connectivity index (χ3n) is 6.66. The Balaban J connectivity index is 1.27. The van der Waals surface area contributed by atoms with Gasteiger partial charge in [-0.15, -0.1) is 10.2 Å². The summed E-state index contributed by atoms with van der Waals surface area (Å²) >= 11 is 0. The molecule has 0 N–H and O–H groups in total. The minimum atomic E-state index is -2.84. The highest BCUT2D eigenvalue weighted by Crippen LogP contribution is 2.42. The maximum absolute atomic E-state index is 13.4. The van der Waals surface area contributed by atoms with Crippen LogP contribution < -0.4 is 0 Å². The summed E-state index contributed by atoms with van der Waals surface area (Å²) in [5.41, 5.74) is 1.88. The van der Waals surface area contributed by atoms with Crippen molar-refractivity contribution in [2.75, 3.05) is 0 Å². The molecule has 2 aromatic heterocycles. The molecule has 2 saturated carbocycles. The van der Waals surface area contributed by atoms with Crippen LogP contribution in [-0.4, -0.2) is 37.2 Å². The van der Waals surface area contributed by atoms with Crippen LogP contribution in [0.15, 0.2) is 27.1 Å². The molecule has 166 valence electrons. The SMILES string of the molecule is O=C1c2cc(-c3nnc(C(F)F)o3)ccc2CN1C1CCCCC1c1noc(C2CC2)n1. The minimum Gasteiger partial charge on any atom is -0.415 e. The Morgan fingerprint density at radius 3 is 2.72 bits per heavy atom. The lowest BCUT2D eigenvalue weighted by Gasteiger charge is -2.36. The maximum Gasteiger partial charge on any atom is 0.314 e. The molecule has 0 bridgehead atoms. The topological polar surface area (TPSA) is 98.2 Å². The molecule has 0 saturated heterocycles. The van der Waals surface area contributed by atoms with E-state index in [1.54, 1.807) is 12.1 Å². The van der Waals surface area contributed by atoms with Crippen LogP contribution in [0.4, 0.5) is 8.78 Å². The second-order valence-electron chi connectivity index (χ2n) is 8.77. The van der Waals surface area contributed by atoms with Gasteiger partial charge in [-0.25, -0.2) is 0 Å². The largest absolute Gasteiger partial charge is 0.415 e. The number of fused-ring (bicyclic) bond motifs is 1. The summed E-state index contributed by atoms with van der Waals surface area (Å²) in [6.07, 6.45) is 3.25. The third kappa shape index (κ3) is 3.28. The first-order valence-electron chi connectivity index (χ1n) is 11.0. The van der Waals surface area contributed by atoms with Gasteiger partial charge in [-0.1, -0.05) is 24.1 Å². The lowest BCUT2D eigenvalue weighted by Crippen LogP contribution is -2.42.